The number of carbonyl (C=O) groups excluding carboxylic acids is 1. The number of carbonyl (C=O) groups is 1. The molecule has 0 atom stereocenters. The van der Waals surface area contributed by atoms with Crippen LogP contribution in [0.2, 0.25) is 0 Å². The van der Waals surface area contributed by atoms with E-state index in [-0.39, 0.29) is 17.3 Å². The molecule has 0 fully saturated rings. The predicted octanol–water partition coefficient (Wildman–Crippen LogP) is 4.53. The third kappa shape index (κ3) is 4.21. The second kappa shape index (κ2) is 9.21. The standard InChI is InChI=1S/C25H22N2O4S/c1-31-27(21-12-6-3-7-13-21)32(29,30)24-17-16-20(22-14-8-9-15-23(22)24)18-26-25(28)19-10-4-2-5-11-19/h2-17H,18H2,1H3,(H,26,28). The summed E-state index contributed by atoms with van der Waals surface area (Å²) in [6, 6.07) is 28.1. The lowest BCUT2D eigenvalue weighted by molar-refractivity contribution is 0.0951. The third-order valence-corrected chi connectivity index (χ3v) is 6.79. The van der Waals surface area contributed by atoms with Gasteiger partial charge in [0, 0.05) is 17.5 Å². The van der Waals surface area contributed by atoms with Crippen molar-refractivity contribution in [1.82, 2.24) is 5.32 Å². The second-order valence-electron chi connectivity index (χ2n) is 7.07. The van der Waals surface area contributed by atoms with Crippen LogP contribution in [0, 0.1) is 0 Å². The number of rotatable bonds is 7. The Morgan fingerprint density at radius 2 is 1.41 bits per heavy atom. The Bertz CT molecular complexity index is 1340. The first kappa shape index (κ1) is 21.5. The molecule has 32 heavy (non-hydrogen) atoms. The first-order chi connectivity index (χ1) is 15.5. The van der Waals surface area contributed by atoms with Crippen molar-refractivity contribution in [3.05, 3.63) is 108 Å². The van der Waals surface area contributed by atoms with Crippen molar-refractivity contribution in [2.45, 2.75) is 11.4 Å². The van der Waals surface area contributed by atoms with Gasteiger partial charge in [0.1, 0.15) is 0 Å². The smallest absolute Gasteiger partial charge is 0.287 e. The highest BCUT2D eigenvalue weighted by molar-refractivity contribution is 7.92. The molecule has 0 spiro atoms. The topological polar surface area (TPSA) is 75.7 Å². The van der Waals surface area contributed by atoms with Gasteiger partial charge in [0.05, 0.1) is 17.7 Å². The minimum absolute atomic E-state index is 0.122. The van der Waals surface area contributed by atoms with Crippen LogP contribution in [0.4, 0.5) is 5.69 Å². The van der Waals surface area contributed by atoms with Crippen LogP contribution in [0.1, 0.15) is 15.9 Å². The van der Waals surface area contributed by atoms with Crippen molar-refractivity contribution in [3.63, 3.8) is 0 Å². The molecule has 0 aliphatic heterocycles. The molecule has 0 aromatic heterocycles. The van der Waals surface area contributed by atoms with Crippen molar-refractivity contribution < 1.29 is 18.0 Å². The highest BCUT2D eigenvalue weighted by Crippen LogP contribution is 2.31. The summed E-state index contributed by atoms with van der Waals surface area (Å²) in [5.74, 6) is -0.194. The predicted molar refractivity (Wildman–Crippen MR) is 125 cm³/mol. The summed E-state index contributed by atoms with van der Waals surface area (Å²) in [7, 11) is -2.68. The van der Waals surface area contributed by atoms with Crippen LogP contribution in [-0.2, 0) is 21.4 Å². The van der Waals surface area contributed by atoms with E-state index in [1.165, 1.54) is 7.11 Å². The minimum Gasteiger partial charge on any atom is -0.348 e. The van der Waals surface area contributed by atoms with Gasteiger partial charge in [0.15, 0.2) is 0 Å². The number of amides is 1. The lowest BCUT2D eigenvalue weighted by Crippen LogP contribution is -2.30. The van der Waals surface area contributed by atoms with Crippen LogP contribution in [0.25, 0.3) is 10.8 Å². The van der Waals surface area contributed by atoms with Gasteiger partial charge in [0.25, 0.3) is 15.9 Å². The number of benzene rings is 4. The fourth-order valence-corrected chi connectivity index (χ4v) is 5.03. The molecular weight excluding hydrogens is 424 g/mol. The van der Waals surface area contributed by atoms with Gasteiger partial charge in [-0.15, -0.1) is 4.47 Å². The molecule has 7 heteroatoms. The monoisotopic (exact) mass is 446 g/mol. The number of nitrogens with zero attached hydrogens (tertiary/aromatic N) is 1. The van der Waals surface area contributed by atoms with Crippen LogP contribution in [-0.4, -0.2) is 21.4 Å². The fourth-order valence-electron chi connectivity index (χ4n) is 3.56. The Kier molecular flexibility index (Phi) is 6.20. The van der Waals surface area contributed by atoms with Crippen molar-refractivity contribution >= 4 is 32.4 Å². The average molecular weight is 447 g/mol. The number of hydrogen-bond donors (Lipinski definition) is 1. The zero-order chi connectivity index (χ0) is 22.6. The summed E-state index contributed by atoms with van der Waals surface area (Å²) in [6.07, 6.45) is 0. The van der Waals surface area contributed by atoms with Crippen LogP contribution in [0.3, 0.4) is 0 Å². The molecule has 0 unspecified atom stereocenters. The molecule has 6 nitrogen and oxygen atoms in total. The molecule has 0 bridgehead atoms. The van der Waals surface area contributed by atoms with Gasteiger partial charge in [-0.3, -0.25) is 9.63 Å². The molecule has 0 saturated carbocycles. The first-order valence-electron chi connectivity index (χ1n) is 10.0. The molecule has 4 aromatic carbocycles. The number of para-hydroxylation sites is 1. The summed E-state index contributed by atoms with van der Waals surface area (Å²) >= 11 is 0. The quantitative estimate of drug-likeness (QED) is 0.423. The number of fused-ring (bicyclic) bond motifs is 1. The van der Waals surface area contributed by atoms with Gasteiger partial charge in [-0.1, -0.05) is 66.7 Å². The van der Waals surface area contributed by atoms with Crippen molar-refractivity contribution in [3.8, 4) is 0 Å². The molecule has 162 valence electrons. The van der Waals surface area contributed by atoms with E-state index in [1.807, 2.05) is 18.2 Å². The van der Waals surface area contributed by atoms with E-state index in [0.29, 0.717) is 16.6 Å². The third-order valence-electron chi connectivity index (χ3n) is 5.08. The average Bonchev–Trinajstić information content (AvgIpc) is 2.83. The van der Waals surface area contributed by atoms with Crippen LogP contribution >= 0.6 is 0 Å². The van der Waals surface area contributed by atoms with Gasteiger partial charge < -0.3 is 5.32 Å². The Morgan fingerprint density at radius 3 is 2.06 bits per heavy atom. The molecule has 0 aliphatic rings. The summed E-state index contributed by atoms with van der Waals surface area (Å²) in [4.78, 5) is 17.8. The Balaban J connectivity index is 1.70. The minimum atomic E-state index is -4.00. The summed E-state index contributed by atoms with van der Waals surface area (Å²) in [5, 5.41) is 4.20. The van der Waals surface area contributed by atoms with E-state index < -0.39 is 10.0 Å². The van der Waals surface area contributed by atoms with Crippen molar-refractivity contribution in [2.75, 3.05) is 11.6 Å². The maximum Gasteiger partial charge on any atom is 0.287 e. The van der Waals surface area contributed by atoms with Crippen molar-refractivity contribution in [1.29, 1.82) is 0 Å². The Hall–Kier alpha value is -3.68. The van der Waals surface area contributed by atoms with E-state index in [1.54, 1.807) is 78.9 Å². The van der Waals surface area contributed by atoms with Gasteiger partial charge in [-0.25, -0.2) is 0 Å². The fraction of sp³-hybridized carbons (Fsp3) is 0.0800. The second-order valence-corrected chi connectivity index (χ2v) is 8.79. The summed E-state index contributed by atoms with van der Waals surface area (Å²) < 4.78 is 27.9. The van der Waals surface area contributed by atoms with Crippen LogP contribution in [0.15, 0.2) is 102 Å². The van der Waals surface area contributed by atoms with E-state index >= 15 is 0 Å². The van der Waals surface area contributed by atoms with E-state index in [0.717, 1.165) is 15.4 Å². The lowest BCUT2D eigenvalue weighted by atomic mass is 10.0. The van der Waals surface area contributed by atoms with Gasteiger partial charge in [-0.2, -0.15) is 8.42 Å². The molecule has 4 rings (SSSR count). The Labute approximate surface area is 187 Å². The molecule has 4 aromatic rings. The van der Waals surface area contributed by atoms with E-state index in [2.05, 4.69) is 5.32 Å². The number of hydrogen-bond acceptors (Lipinski definition) is 4. The van der Waals surface area contributed by atoms with E-state index in [9.17, 15) is 13.2 Å². The van der Waals surface area contributed by atoms with Crippen LogP contribution < -0.4 is 9.79 Å². The maximum atomic E-state index is 13.5. The van der Waals surface area contributed by atoms with Gasteiger partial charge >= 0.3 is 0 Å². The summed E-state index contributed by atoms with van der Waals surface area (Å²) in [6.45, 7) is 0.265. The molecule has 1 amide bonds. The first-order valence-corrected chi connectivity index (χ1v) is 11.4. The van der Waals surface area contributed by atoms with E-state index in [4.69, 9.17) is 4.84 Å². The zero-order valence-corrected chi connectivity index (χ0v) is 18.2. The highest BCUT2D eigenvalue weighted by Gasteiger charge is 2.27. The molecule has 0 heterocycles. The molecular formula is C25H22N2O4S. The molecule has 1 N–H and O–H groups in total. The zero-order valence-electron chi connectivity index (χ0n) is 17.4. The number of sulfonamides is 1. The van der Waals surface area contributed by atoms with Crippen molar-refractivity contribution in [2.24, 2.45) is 0 Å². The molecule has 0 saturated heterocycles. The number of nitrogens with one attached hydrogen (secondary N) is 1. The maximum absolute atomic E-state index is 13.5. The van der Waals surface area contributed by atoms with Gasteiger partial charge in [0.2, 0.25) is 0 Å². The number of anilines is 1. The summed E-state index contributed by atoms with van der Waals surface area (Å²) in [5.41, 5.74) is 1.78. The molecule has 0 radical (unpaired) electrons. The highest BCUT2D eigenvalue weighted by atomic mass is 32.2. The Morgan fingerprint density at radius 1 is 0.812 bits per heavy atom. The molecule has 0 aliphatic carbocycles. The van der Waals surface area contributed by atoms with Crippen LogP contribution in [0.5, 0.6) is 0 Å². The largest absolute Gasteiger partial charge is 0.348 e. The lowest BCUT2D eigenvalue weighted by Gasteiger charge is -2.22. The SMILES string of the molecule is CON(c1ccccc1)S(=O)(=O)c1ccc(CNC(=O)c2ccccc2)c2ccccc12. The van der Waals surface area contributed by atoms with Gasteiger partial charge in [-0.05, 0) is 41.3 Å². The normalized spacial score (nSPS) is 11.3.